The molecule has 0 aromatic carbocycles. The molecule has 20 heavy (non-hydrogen) atoms. The van der Waals surface area contributed by atoms with E-state index in [1.54, 1.807) is 0 Å². The topological polar surface area (TPSA) is 34.1 Å². The molecule has 1 saturated carbocycles. The summed E-state index contributed by atoms with van der Waals surface area (Å²) in [6.07, 6.45) is 3.97. The number of ether oxygens (including phenoxy) is 1. The Bertz CT molecular complexity index is 423. The zero-order chi connectivity index (χ0) is 14.5. The van der Waals surface area contributed by atoms with E-state index in [4.69, 9.17) is 4.74 Å². The molecule has 1 aliphatic carbocycles. The lowest BCUT2D eigenvalue weighted by atomic mass is 9.82. The van der Waals surface area contributed by atoms with Crippen LogP contribution < -0.4 is 10.1 Å². The minimum atomic E-state index is 0.334. The van der Waals surface area contributed by atoms with Gasteiger partial charge in [-0.25, -0.2) is 4.98 Å². The largest absolute Gasteiger partial charge is 0.474 e. The Kier molecular flexibility index (Phi) is 5.41. The fourth-order valence-corrected chi connectivity index (χ4v) is 3.22. The molecule has 3 heteroatoms. The Morgan fingerprint density at radius 3 is 2.50 bits per heavy atom. The van der Waals surface area contributed by atoms with Gasteiger partial charge in [0.15, 0.2) is 0 Å². The molecule has 0 radical (unpaired) electrons. The molecule has 0 spiro atoms. The van der Waals surface area contributed by atoms with Crippen LogP contribution in [0.5, 0.6) is 5.88 Å². The van der Waals surface area contributed by atoms with Crippen molar-refractivity contribution in [2.45, 2.75) is 59.6 Å². The summed E-state index contributed by atoms with van der Waals surface area (Å²) in [6, 6.07) is 4.15. The quantitative estimate of drug-likeness (QED) is 0.890. The van der Waals surface area contributed by atoms with Gasteiger partial charge in [-0.1, -0.05) is 26.8 Å². The molecule has 0 bridgehead atoms. The van der Waals surface area contributed by atoms with Gasteiger partial charge in [0.1, 0.15) is 6.10 Å². The maximum atomic E-state index is 6.10. The van der Waals surface area contributed by atoms with Gasteiger partial charge in [-0.15, -0.1) is 0 Å². The molecular formula is C17H28N2O. The SMILES string of the molecule is CCNCc1ccc(OC2CC(C)CC(C)C2)nc1C. The summed E-state index contributed by atoms with van der Waals surface area (Å²) in [7, 11) is 0. The highest BCUT2D eigenvalue weighted by molar-refractivity contribution is 5.25. The molecule has 3 nitrogen and oxygen atoms in total. The predicted molar refractivity (Wildman–Crippen MR) is 82.9 cm³/mol. The molecule has 2 unspecified atom stereocenters. The Morgan fingerprint density at radius 1 is 1.20 bits per heavy atom. The second-order valence-electron chi connectivity index (χ2n) is 6.33. The van der Waals surface area contributed by atoms with E-state index in [1.165, 1.54) is 12.0 Å². The smallest absolute Gasteiger partial charge is 0.213 e. The van der Waals surface area contributed by atoms with Crippen molar-refractivity contribution in [3.63, 3.8) is 0 Å². The first-order chi connectivity index (χ1) is 9.58. The van der Waals surface area contributed by atoms with E-state index in [0.29, 0.717) is 6.10 Å². The molecule has 1 aromatic rings. The van der Waals surface area contributed by atoms with E-state index in [-0.39, 0.29) is 0 Å². The molecule has 112 valence electrons. The van der Waals surface area contributed by atoms with Crippen LogP contribution in [0.3, 0.4) is 0 Å². The molecular weight excluding hydrogens is 248 g/mol. The number of aromatic nitrogens is 1. The second kappa shape index (κ2) is 7.07. The van der Waals surface area contributed by atoms with E-state index in [1.807, 2.05) is 6.07 Å². The highest BCUT2D eigenvalue weighted by Crippen LogP contribution is 2.31. The van der Waals surface area contributed by atoms with Gasteiger partial charge in [0.05, 0.1) is 0 Å². The van der Waals surface area contributed by atoms with Gasteiger partial charge in [-0.3, -0.25) is 0 Å². The lowest BCUT2D eigenvalue weighted by molar-refractivity contribution is 0.0965. The number of nitrogens with zero attached hydrogens (tertiary/aromatic N) is 1. The number of aryl methyl sites for hydroxylation is 1. The Balaban J connectivity index is 1.97. The number of hydrogen-bond donors (Lipinski definition) is 1. The third kappa shape index (κ3) is 4.20. The van der Waals surface area contributed by atoms with Crippen molar-refractivity contribution >= 4 is 0 Å². The summed E-state index contributed by atoms with van der Waals surface area (Å²) < 4.78 is 6.10. The fraction of sp³-hybridized carbons (Fsp3) is 0.706. The van der Waals surface area contributed by atoms with Crippen molar-refractivity contribution in [2.75, 3.05) is 6.54 Å². The average Bonchev–Trinajstić information content (AvgIpc) is 2.36. The third-order valence-corrected chi connectivity index (χ3v) is 4.16. The van der Waals surface area contributed by atoms with Gasteiger partial charge in [-0.05, 0) is 50.1 Å². The van der Waals surface area contributed by atoms with Crippen LogP contribution in [0.1, 0.15) is 51.3 Å². The zero-order valence-corrected chi connectivity index (χ0v) is 13.3. The van der Waals surface area contributed by atoms with Crippen LogP contribution in [0.15, 0.2) is 12.1 Å². The summed E-state index contributed by atoms with van der Waals surface area (Å²) >= 11 is 0. The van der Waals surface area contributed by atoms with Crippen LogP contribution in [0.4, 0.5) is 0 Å². The van der Waals surface area contributed by atoms with Gasteiger partial charge < -0.3 is 10.1 Å². The van der Waals surface area contributed by atoms with Crippen LogP contribution in [0, 0.1) is 18.8 Å². The Hall–Kier alpha value is -1.09. The van der Waals surface area contributed by atoms with Crippen LogP contribution in [-0.4, -0.2) is 17.6 Å². The zero-order valence-electron chi connectivity index (χ0n) is 13.3. The van der Waals surface area contributed by atoms with Crippen molar-refractivity contribution in [3.8, 4) is 5.88 Å². The summed E-state index contributed by atoms with van der Waals surface area (Å²) in [5, 5.41) is 3.34. The molecule has 1 heterocycles. The molecule has 2 atom stereocenters. The van der Waals surface area contributed by atoms with Crippen molar-refractivity contribution in [1.82, 2.24) is 10.3 Å². The van der Waals surface area contributed by atoms with E-state index in [9.17, 15) is 0 Å². The van der Waals surface area contributed by atoms with Gasteiger partial charge in [0.25, 0.3) is 0 Å². The van der Waals surface area contributed by atoms with Crippen LogP contribution in [-0.2, 0) is 6.54 Å². The maximum Gasteiger partial charge on any atom is 0.213 e. The molecule has 2 rings (SSSR count). The molecule has 0 saturated heterocycles. The van der Waals surface area contributed by atoms with Gasteiger partial charge in [-0.2, -0.15) is 0 Å². The highest BCUT2D eigenvalue weighted by Gasteiger charge is 2.25. The lowest BCUT2D eigenvalue weighted by Gasteiger charge is -2.31. The molecule has 1 aromatic heterocycles. The van der Waals surface area contributed by atoms with Gasteiger partial charge in [0.2, 0.25) is 5.88 Å². The van der Waals surface area contributed by atoms with Crippen LogP contribution >= 0.6 is 0 Å². The molecule has 1 aliphatic rings. The standard InChI is InChI=1S/C17H28N2O/c1-5-18-11-15-6-7-17(19-14(15)4)20-16-9-12(2)8-13(3)10-16/h6-7,12-13,16,18H,5,8-11H2,1-4H3. The maximum absolute atomic E-state index is 6.10. The summed E-state index contributed by atoms with van der Waals surface area (Å²) in [5.74, 6) is 2.31. The van der Waals surface area contributed by atoms with E-state index in [2.05, 4.69) is 44.1 Å². The van der Waals surface area contributed by atoms with Crippen LogP contribution in [0.25, 0.3) is 0 Å². The Labute approximate surface area is 123 Å². The first kappa shape index (κ1) is 15.3. The number of pyridine rings is 1. The second-order valence-corrected chi connectivity index (χ2v) is 6.33. The molecule has 1 N–H and O–H groups in total. The first-order valence-corrected chi connectivity index (χ1v) is 7.92. The average molecular weight is 276 g/mol. The van der Waals surface area contributed by atoms with Crippen LogP contribution in [0.2, 0.25) is 0 Å². The fourth-order valence-electron chi connectivity index (χ4n) is 3.22. The van der Waals surface area contributed by atoms with Crippen molar-refractivity contribution in [2.24, 2.45) is 11.8 Å². The van der Waals surface area contributed by atoms with E-state index >= 15 is 0 Å². The third-order valence-electron chi connectivity index (χ3n) is 4.16. The molecule has 1 fully saturated rings. The monoisotopic (exact) mass is 276 g/mol. The molecule has 0 aliphatic heterocycles. The summed E-state index contributed by atoms with van der Waals surface area (Å²) in [6.45, 7) is 10.7. The minimum Gasteiger partial charge on any atom is -0.474 e. The summed E-state index contributed by atoms with van der Waals surface area (Å²) in [5.41, 5.74) is 2.32. The summed E-state index contributed by atoms with van der Waals surface area (Å²) in [4.78, 5) is 4.61. The number of hydrogen-bond acceptors (Lipinski definition) is 3. The van der Waals surface area contributed by atoms with E-state index < -0.39 is 0 Å². The lowest BCUT2D eigenvalue weighted by Crippen LogP contribution is -2.28. The minimum absolute atomic E-state index is 0.334. The number of nitrogens with one attached hydrogen (secondary N) is 1. The normalized spacial score (nSPS) is 26.5. The molecule has 0 amide bonds. The van der Waals surface area contributed by atoms with Crippen molar-refractivity contribution < 1.29 is 4.74 Å². The van der Waals surface area contributed by atoms with E-state index in [0.717, 1.165) is 49.3 Å². The van der Waals surface area contributed by atoms with Crippen molar-refractivity contribution in [1.29, 1.82) is 0 Å². The van der Waals surface area contributed by atoms with Gasteiger partial charge >= 0.3 is 0 Å². The number of rotatable bonds is 5. The van der Waals surface area contributed by atoms with Gasteiger partial charge in [0, 0.05) is 18.3 Å². The first-order valence-electron chi connectivity index (χ1n) is 7.92. The predicted octanol–water partition coefficient (Wildman–Crippen LogP) is 3.70. The van der Waals surface area contributed by atoms with Crippen molar-refractivity contribution in [3.05, 3.63) is 23.4 Å². The Morgan fingerprint density at radius 2 is 1.90 bits per heavy atom. The highest BCUT2D eigenvalue weighted by atomic mass is 16.5.